The molecule has 0 radical (unpaired) electrons. The van der Waals surface area contributed by atoms with Crippen LogP contribution in [0, 0.1) is 5.92 Å². The second-order valence-corrected chi connectivity index (χ2v) is 3.71. The Morgan fingerprint density at radius 2 is 2.38 bits per heavy atom. The number of aromatic hydroxyl groups is 1. The van der Waals surface area contributed by atoms with Crippen LogP contribution in [0.3, 0.4) is 0 Å². The highest BCUT2D eigenvalue weighted by Gasteiger charge is 2.31. The molecule has 2 N–H and O–H groups in total. The number of nitrogens with one attached hydrogen (secondary N) is 1. The van der Waals surface area contributed by atoms with Gasteiger partial charge in [-0.15, -0.1) is 0 Å². The zero-order valence-corrected chi connectivity index (χ0v) is 7.70. The van der Waals surface area contributed by atoms with E-state index in [9.17, 15) is 0 Å². The number of hydrogen-bond donors (Lipinski definition) is 2. The van der Waals surface area contributed by atoms with E-state index >= 15 is 0 Å². The summed E-state index contributed by atoms with van der Waals surface area (Å²) in [5.41, 5.74) is 0.983. The lowest BCUT2D eigenvalue weighted by molar-refractivity contribution is 0.471. The van der Waals surface area contributed by atoms with Crippen LogP contribution in [-0.2, 0) is 6.54 Å². The minimum absolute atomic E-state index is 0.225. The second-order valence-electron chi connectivity index (χ2n) is 3.71. The van der Waals surface area contributed by atoms with E-state index in [1.807, 2.05) is 6.07 Å². The molecular formula is C10H14N2O. The molecule has 1 aromatic rings. The summed E-state index contributed by atoms with van der Waals surface area (Å²) in [4.78, 5) is 4.09. The first-order valence-corrected chi connectivity index (χ1v) is 4.63. The Morgan fingerprint density at radius 3 is 2.92 bits per heavy atom. The van der Waals surface area contributed by atoms with Crippen molar-refractivity contribution in [2.75, 3.05) is 0 Å². The molecule has 1 heterocycles. The van der Waals surface area contributed by atoms with E-state index < -0.39 is 0 Å². The Labute approximate surface area is 77.8 Å². The first-order valence-electron chi connectivity index (χ1n) is 4.63. The number of pyridine rings is 1. The predicted octanol–water partition coefficient (Wildman–Crippen LogP) is 1.29. The van der Waals surface area contributed by atoms with E-state index in [2.05, 4.69) is 17.2 Å². The van der Waals surface area contributed by atoms with Crippen molar-refractivity contribution in [3.8, 4) is 5.75 Å². The quantitative estimate of drug-likeness (QED) is 0.733. The first-order chi connectivity index (χ1) is 6.25. The van der Waals surface area contributed by atoms with Gasteiger partial charge in [0.05, 0.1) is 11.9 Å². The van der Waals surface area contributed by atoms with Gasteiger partial charge in [0.2, 0.25) is 0 Å². The molecule has 0 spiro atoms. The lowest BCUT2D eigenvalue weighted by Gasteiger charge is -2.02. The Bertz CT molecular complexity index is 283. The van der Waals surface area contributed by atoms with Crippen molar-refractivity contribution >= 4 is 0 Å². The molecule has 70 valence electrons. The van der Waals surface area contributed by atoms with Crippen LogP contribution in [0.1, 0.15) is 19.0 Å². The van der Waals surface area contributed by atoms with Crippen LogP contribution in [0.4, 0.5) is 0 Å². The van der Waals surface area contributed by atoms with Crippen molar-refractivity contribution in [1.82, 2.24) is 10.3 Å². The summed E-state index contributed by atoms with van der Waals surface area (Å²) in [5.74, 6) is 1.04. The molecule has 3 nitrogen and oxygen atoms in total. The van der Waals surface area contributed by atoms with Crippen LogP contribution >= 0.6 is 0 Å². The molecule has 3 heteroatoms. The van der Waals surface area contributed by atoms with E-state index in [-0.39, 0.29) is 5.75 Å². The normalized spacial score (nSPS) is 25.9. The van der Waals surface area contributed by atoms with Crippen LogP contribution in [0.25, 0.3) is 0 Å². The molecule has 13 heavy (non-hydrogen) atoms. The fourth-order valence-corrected chi connectivity index (χ4v) is 1.36. The van der Waals surface area contributed by atoms with E-state index in [0.29, 0.717) is 6.04 Å². The Hall–Kier alpha value is -1.09. The average Bonchev–Trinajstić information content (AvgIpc) is 2.81. The summed E-state index contributed by atoms with van der Waals surface area (Å²) < 4.78 is 0. The van der Waals surface area contributed by atoms with E-state index in [4.69, 9.17) is 5.11 Å². The first kappa shape index (κ1) is 8.51. The smallest absolute Gasteiger partial charge is 0.133 e. The molecule has 0 aromatic carbocycles. The molecule has 0 unspecified atom stereocenters. The van der Waals surface area contributed by atoms with Crippen LogP contribution in [0.2, 0.25) is 0 Å². The van der Waals surface area contributed by atoms with Gasteiger partial charge in [-0.3, -0.25) is 4.98 Å². The molecule has 0 saturated heterocycles. The molecular weight excluding hydrogens is 164 g/mol. The molecule has 1 fully saturated rings. The maximum atomic E-state index is 9.01. The fraction of sp³-hybridized carbons (Fsp3) is 0.500. The predicted molar refractivity (Wildman–Crippen MR) is 50.3 cm³/mol. The highest BCUT2D eigenvalue weighted by atomic mass is 16.3. The van der Waals surface area contributed by atoms with Gasteiger partial charge in [0, 0.05) is 12.6 Å². The standard InChI is InChI=1S/C10H14N2O/c1-7-4-10(7)12-5-8-2-3-9(13)6-11-8/h2-3,6-7,10,12-13H,4-5H2,1H3/t7-,10-/m1/s1. The summed E-state index contributed by atoms with van der Waals surface area (Å²) in [6.07, 6.45) is 2.76. The minimum atomic E-state index is 0.225. The van der Waals surface area contributed by atoms with Crippen LogP contribution in [0.5, 0.6) is 5.75 Å². The molecule has 2 atom stereocenters. The van der Waals surface area contributed by atoms with Gasteiger partial charge in [-0.1, -0.05) is 6.92 Å². The highest BCUT2D eigenvalue weighted by Crippen LogP contribution is 2.29. The molecule has 0 amide bonds. The van der Waals surface area contributed by atoms with Crippen LogP contribution < -0.4 is 5.32 Å². The zero-order valence-electron chi connectivity index (χ0n) is 7.70. The molecule has 0 bridgehead atoms. The second kappa shape index (κ2) is 3.34. The van der Waals surface area contributed by atoms with E-state index in [0.717, 1.165) is 18.2 Å². The van der Waals surface area contributed by atoms with E-state index in [1.54, 1.807) is 6.07 Å². The van der Waals surface area contributed by atoms with Gasteiger partial charge in [-0.05, 0) is 24.5 Å². The molecule has 1 aromatic heterocycles. The minimum Gasteiger partial charge on any atom is -0.506 e. The van der Waals surface area contributed by atoms with Gasteiger partial charge in [0.1, 0.15) is 5.75 Å². The summed E-state index contributed by atoms with van der Waals surface area (Å²) in [5, 5.41) is 12.4. The SMILES string of the molecule is C[C@@H]1C[C@H]1NCc1ccc(O)cn1. The summed E-state index contributed by atoms with van der Waals surface area (Å²) >= 11 is 0. The molecule has 1 aliphatic rings. The molecule has 2 rings (SSSR count). The zero-order chi connectivity index (χ0) is 9.26. The van der Waals surface area contributed by atoms with Crippen molar-refractivity contribution in [2.24, 2.45) is 5.92 Å². The summed E-state index contributed by atoms with van der Waals surface area (Å²) in [6.45, 7) is 3.04. The third-order valence-electron chi connectivity index (χ3n) is 2.46. The van der Waals surface area contributed by atoms with Crippen molar-refractivity contribution < 1.29 is 5.11 Å². The van der Waals surface area contributed by atoms with Crippen molar-refractivity contribution in [2.45, 2.75) is 25.9 Å². The van der Waals surface area contributed by atoms with E-state index in [1.165, 1.54) is 12.6 Å². The largest absolute Gasteiger partial charge is 0.506 e. The van der Waals surface area contributed by atoms with Gasteiger partial charge < -0.3 is 10.4 Å². The Balaban J connectivity index is 1.84. The molecule has 1 saturated carbocycles. The van der Waals surface area contributed by atoms with Crippen molar-refractivity contribution in [3.05, 3.63) is 24.0 Å². The van der Waals surface area contributed by atoms with Crippen molar-refractivity contribution in [1.29, 1.82) is 0 Å². The number of hydrogen-bond acceptors (Lipinski definition) is 3. The Kier molecular flexibility index (Phi) is 2.19. The van der Waals surface area contributed by atoms with Gasteiger partial charge in [-0.2, -0.15) is 0 Å². The monoisotopic (exact) mass is 178 g/mol. The summed E-state index contributed by atoms with van der Waals surface area (Å²) in [6, 6.07) is 4.19. The highest BCUT2D eigenvalue weighted by molar-refractivity contribution is 5.17. The van der Waals surface area contributed by atoms with Crippen LogP contribution in [-0.4, -0.2) is 16.1 Å². The number of aromatic nitrogens is 1. The molecule has 0 aliphatic heterocycles. The number of nitrogens with zero attached hydrogens (tertiary/aromatic N) is 1. The van der Waals surface area contributed by atoms with Gasteiger partial charge >= 0.3 is 0 Å². The van der Waals surface area contributed by atoms with Crippen LogP contribution in [0.15, 0.2) is 18.3 Å². The van der Waals surface area contributed by atoms with Gasteiger partial charge in [0.25, 0.3) is 0 Å². The van der Waals surface area contributed by atoms with Crippen molar-refractivity contribution in [3.63, 3.8) is 0 Å². The molecule has 1 aliphatic carbocycles. The van der Waals surface area contributed by atoms with Gasteiger partial charge in [0.15, 0.2) is 0 Å². The third-order valence-corrected chi connectivity index (χ3v) is 2.46. The maximum Gasteiger partial charge on any atom is 0.133 e. The van der Waals surface area contributed by atoms with Gasteiger partial charge in [-0.25, -0.2) is 0 Å². The third kappa shape index (κ3) is 2.18. The lowest BCUT2D eigenvalue weighted by atomic mass is 10.3. The fourth-order valence-electron chi connectivity index (χ4n) is 1.36. The Morgan fingerprint density at radius 1 is 1.62 bits per heavy atom. The summed E-state index contributed by atoms with van der Waals surface area (Å²) in [7, 11) is 0. The maximum absolute atomic E-state index is 9.01. The topological polar surface area (TPSA) is 45.1 Å². The average molecular weight is 178 g/mol. The number of rotatable bonds is 3. The lowest BCUT2D eigenvalue weighted by Crippen LogP contribution is -2.17.